The summed E-state index contributed by atoms with van der Waals surface area (Å²) in [5.74, 6) is -1.64. The molecular formula is C12H17NO5. The lowest BCUT2D eigenvalue weighted by atomic mass is 10.2. The van der Waals surface area contributed by atoms with Gasteiger partial charge in [0.2, 0.25) is 0 Å². The number of ether oxygens (including phenoxy) is 2. The Morgan fingerprint density at radius 1 is 1.61 bits per heavy atom. The van der Waals surface area contributed by atoms with Crippen LogP contribution in [0.2, 0.25) is 0 Å². The molecule has 2 aliphatic rings. The molecule has 1 saturated heterocycles. The normalized spacial score (nSPS) is 23.9. The average Bonchev–Trinajstić information content (AvgIpc) is 2.93. The Kier molecular flexibility index (Phi) is 3.86. The Balaban J connectivity index is 1.98. The summed E-state index contributed by atoms with van der Waals surface area (Å²) in [7, 11) is 0. The first kappa shape index (κ1) is 12.9. The van der Waals surface area contributed by atoms with Crippen LogP contribution >= 0.6 is 0 Å². The lowest BCUT2D eigenvalue weighted by Crippen LogP contribution is -2.35. The molecule has 1 N–H and O–H groups in total. The molecule has 100 valence electrons. The first-order chi connectivity index (χ1) is 8.63. The summed E-state index contributed by atoms with van der Waals surface area (Å²) in [6, 6.07) is 0. The first-order valence-electron chi connectivity index (χ1n) is 6.13. The predicted molar refractivity (Wildman–Crippen MR) is 61.8 cm³/mol. The van der Waals surface area contributed by atoms with Gasteiger partial charge in [-0.1, -0.05) is 0 Å². The van der Waals surface area contributed by atoms with Gasteiger partial charge in [-0.3, -0.25) is 4.79 Å². The lowest BCUT2D eigenvalue weighted by molar-refractivity contribution is -0.138. The first-order valence-corrected chi connectivity index (χ1v) is 6.13. The molecule has 0 bridgehead atoms. The molecule has 1 unspecified atom stereocenters. The minimum Gasteiger partial charge on any atom is -0.503 e. The Bertz CT molecular complexity index is 384. The van der Waals surface area contributed by atoms with E-state index < -0.39 is 17.6 Å². The molecule has 2 heterocycles. The molecule has 2 aliphatic heterocycles. The monoisotopic (exact) mass is 255 g/mol. The van der Waals surface area contributed by atoms with Crippen LogP contribution in [0.1, 0.15) is 19.8 Å². The molecule has 6 nitrogen and oxygen atoms in total. The van der Waals surface area contributed by atoms with Gasteiger partial charge in [-0.15, -0.1) is 0 Å². The van der Waals surface area contributed by atoms with E-state index in [4.69, 9.17) is 9.47 Å². The Morgan fingerprint density at radius 2 is 2.39 bits per heavy atom. The van der Waals surface area contributed by atoms with E-state index in [1.54, 1.807) is 6.92 Å². The number of amides is 1. The second-order valence-corrected chi connectivity index (χ2v) is 4.37. The second kappa shape index (κ2) is 5.39. The number of aliphatic hydroxyl groups is 1. The van der Waals surface area contributed by atoms with E-state index in [9.17, 15) is 14.7 Å². The topological polar surface area (TPSA) is 76.1 Å². The van der Waals surface area contributed by atoms with Crippen molar-refractivity contribution in [1.82, 2.24) is 4.90 Å². The Hall–Kier alpha value is -1.56. The smallest absolute Gasteiger partial charge is 0.339 e. The number of rotatable bonds is 4. The molecule has 1 fully saturated rings. The third kappa shape index (κ3) is 2.48. The summed E-state index contributed by atoms with van der Waals surface area (Å²) in [4.78, 5) is 24.7. The summed E-state index contributed by atoms with van der Waals surface area (Å²) in [6.07, 6.45) is 1.89. The lowest BCUT2D eigenvalue weighted by Gasteiger charge is -2.19. The fraction of sp³-hybridized carbons (Fsp3) is 0.667. The molecule has 18 heavy (non-hydrogen) atoms. The molecule has 1 amide bonds. The SMILES string of the molecule is CCOC(=O)C1=C(O)C(=O)N(CC2CCCO2)C1. The van der Waals surface area contributed by atoms with Gasteiger partial charge in [0.1, 0.15) is 5.57 Å². The van der Waals surface area contributed by atoms with Crippen molar-refractivity contribution in [3.8, 4) is 0 Å². The highest BCUT2D eigenvalue weighted by molar-refractivity contribution is 6.05. The highest BCUT2D eigenvalue weighted by atomic mass is 16.5. The molecule has 2 rings (SSSR count). The largest absolute Gasteiger partial charge is 0.503 e. The van der Waals surface area contributed by atoms with E-state index in [1.807, 2.05) is 0 Å². The van der Waals surface area contributed by atoms with Crippen LogP contribution in [0.15, 0.2) is 11.3 Å². The fourth-order valence-electron chi connectivity index (χ4n) is 2.18. The van der Waals surface area contributed by atoms with Gasteiger partial charge in [-0.25, -0.2) is 4.79 Å². The van der Waals surface area contributed by atoms with E-state index in [0.717, 1.165) is 12.8 Å². The Labute approximate surface area is 105 Å². The van der Waals surface area contributed by atoms with Gasteiger partial charge < -0.3 is 19.5 Å². The number of carbonyl (C=O) groups excluding carboxylic acids is 2. The standard InChI is InChI=1S/C12H17NO5/c1-2-17-12(16)9-7-13(11(15)10(9)14)6-8-4-3-5-18-8/h8,14H,2-7H2,1H3. The molecule has 0 aromatic rings. The molecule has 6 heteroatoms. The van der Waals surface area contributed by atoms with Crippen molar-refractivity contribution < 1.29 is 24.2 Å². The zero-order chi connectivity index (χ0) is 13.1. The van der Waals surface area contributed by atoms with Gasteiger partial charge in [-0.05, 0) is 19.8 Å². The van der Waals surface area contributed by atoms with Crippen LogP contribution in [0.4, 0.5) is 0 Å². The minimum atomic E-state index is -0.627. The summed E-state index contributed by atoms with van der Waals surface area (Å²) in [5, 5.41) is 9.65. The van der Waals surface area contributed by atoms with Crippen LogP contribution in [0.25, 0.3) is 0 Å². The Morgan fingerprint density at radius 3 is 3.00 bits per heavy atom. The number of hydrogen-bond donors (Lipinski definition) is 1. The number of carbonyl (C=O) groups is 2. The molecule has 0 aromatic heterocycles. The van der Waals surface area contributed by atoms with Crippen molar-refractivity contribution in [2.45, 2.75) is 25.9 Å². The minimum absolute atomic E-state index is 0.00305. The van der Waals surface area contributed by atoms with E-state index in [2.05, 4.69) is 0 Å². The molecule has 0 radical (unpaired) electrons. The predicted octanol–water partition coefficient (Wildman–Crippen LogP) is 0.383. The fourth-order valence-corrected chi connectivity index (χ4v) is 2.18. The van der Waals surface area contributed by atoms with Gasteiger partial charge in [0.05, 0.1) is 19.3 Å². The quantitative estimate of drug-likeness (QED) is 0.735. The van der Waals surface area contributed by atoms with Gasteiger partial charge in [0, 0.05) is 13.2 Å². The maximum Gasteiger partial charge on any atom is 0.339 e. The maximum absolute atomic E-state index is 11.8. The van der Waals surface area contributed by atoms with Crippen LogP contribution in [-0.2, 0) is 19.1 Å². The van der Waals surface area contributed by atoms with Crippen molar-refractivity contribution in [3.05, 3.63) is 11.3 Å². The molecule has 0 saturated carbocycles. The van der Waals surface area contributed by atoms with Crippen LogP contribution in [0.3, 0.4) is 0 Å². The van der Waals surface area contributed by atoms with Crippen molar-refractivity contribution in [1.29, 1.82) is 0 Å². The summed E-state index contributed by atoms with van der Waals surface area (Å²) in [6.45, 7) is 3.11. The van der Waals surface area contributed by atoms with E-state index >= 15 is 0 Å². The number of hydrogen-bond acceptors (Lipinski definition) is 5. The molecule has 0 spiro atoms. The van der Waals surface area contributed by atoms with Crippen molar-refractivity contribution >= 4 is 11.9 Å². The third-order valence-corrected chi connectivity index (χ3v) is 3.09. The zero-order valence-corrected chi connectivity index (χ0v) is 10.3. The van der Waals surface area contributed by atoms with Crippen molar-refractivity contribution in [3.63, 3.8) is 0 Å². The summed E-state index contributed by atoms with van der Waals surface area (Å²) in [5.41, 5.74) is 0.0415. The summed E-state index contributed by atoms with van der Waals surface area (Å²) >= 11 is 0. The number of nitrogens with zero attached hydrogens (tertiary/aromatic N) is 1. The summed E-state index contributed by atoms with van der Waals surface area (Å²) < 4.78 is 10.2. The number of esters is 1. The van der Waals surface area contributed by atoms with Crippen LogP contribution in [0.5, 0.6) is 0 Å². The van der Waals surface area contributed by atoms with Gasteiger partial charge in [-0.2, -0.15) is 0 Å². The molecular weight excluding hydrogens is 238 g/mol. The maximum atomic E-state index is 11.8. The van der Waals surface area contributed by atoms with Crippen molar-refractivity contribution in [2.75, 3.05) is 26.3 Å². The van der Waals surface area contributed by atoms with Crippen LogP contribution in [-0.4, -0.2) is 54.3 Å². The van der Waals surface area contributed by atoms with E-state index in [1.165, 1.54) is 4.90 Å². The van der Waals surface area contributed by atoms with Gasteiger partial charge in [0.25, 0.3) is 5.91 Å². The highest BCUT2D eigenvalue weighted by Crippen LogP contribution is 2.21. The van der Waals surface area contributed by atoms with Crippen LogP contribution < -0.4 is 0 Å². The molecule has 1 atom stereocenters. The second-order valence-electron chi connectivity index (χ2n) is 4.37. The zero-order valence-electron chi connectivity index (χ0n) is 10.3. The molecule has 0 aromatic carbocycles. The number of aliphatic hydroxyl groups excluding tert-OH is 1. The van der Waals surface area contributed by atoms with Crippen molar-refractivity contribution in [2.24, 2.45) is 0 Å². The van der Waals surface area contributed by atoms with E-state index in [0.29, 0.717) is 13.2 Å². The van der Waals surface area contributed by atoms with Gasteiger partial charge in [0.15, 0.2) is 5.76 Å². The highest BCUT2D eigenvalue weighted by Gasteiger charge is 2.36. The third-order valence-electron chi connectivity index (χ3n) is 3.09. The van der Waals surface area contributed by atoms with Crippen LogP contribution in [0, 0.1) is 0 Å². The van der Waals surface area contributed by atoms with Gasteiger partial charge >= 0.3 is 5.97 Å². The molecule has 0 aliphatic carbocycles. The average molecular weight is 255 g/mol. The van der Waals surface area contributed by atoms with E-state index in [-0.39, 0.29) is 24.8 Å².